The molecule has 0 N–H and O–H groups in total. The van der Waals surface area contributed by atoms with Gasteiger partial charge in [-0.2, -0.15) is 0 Å². The highest BCUT2D eigenvalue weighted by atomic mass is 31.2. The molecule has 0 radical (unpaired) electrons. The topological polar surface area (TPSA) is 107 Å². The van der Waals surface area contributed by atoms with Crippen LogP contribution in [0.5, 0.6) is 11.5 Å². The molecular formula is C32H54O9P2. The number of ketones is 1. The summed E-state index contributed by atoms with van der Waals surface area (Å²) in [5.74, 6) is 0.471. The predicted octanol–water partition coefficient (Wildman–Crippen LogP) is 9.77. The Morgan fingerprint density at radius 2 is 1.30 bits per heavy atom. The monoisotopic (exact) mass is 644 g/mol. The highest BCUT2D eigenvalue weighted by Gasteiger charge is 2.60. The van der Waals surface area contributed by atoms with E-state index >= 15 is 0 Å². The van der Waals surface area contributed by atoms with Gasteiger partial charge in [-0.1, -0.05) is 60.3 Å². The predicted molar refractivity (Wildman–Crippen MR) is 169 cm³/mol. The maximum atomic E-state index is 13.8. The van der Waals surface area contributed by atoms with Crippen LogP contribution in [-0.4, -0.2) is 32.2 Å². The second-order valence-electron chi connectivity index (χ2n) is 12.8. The molecular weight excluding hydrogens is 590 g/mol. The molecule has 3 atom stereocenters. The van der Waals surface area contributed by atoms with Gasteiger partial charge in [-0.25, -0.2) is 9.13 Å². The lowest BCUT2D eigenvalue weighted by Gasteiger charge is -2.59. The normalized spacial score (nSPS) is 21.9. The van der Waals surface area contributed by atoms with E-state index in [4.69, 9.17) is 27.1 Å². The molecule has 0 heterocycles. The molecule has 0 amide bonds. The quantitative estimate of drug-likeness (QED) is 0.107. The lowest BCUT2D eigenvalue weighted by Crippen LogP contribution is -2.56. The van der Waals surface area contributed by atoms with Gasteiger partial charge in [-0.15, -0.1) is 0 Å². The van der Waals surface area contributed by atoms with Crippen LogP contribution in [0.15, 0.2) is 12.1 Å². The highest BCUT2D eigenvalue weighted by Crippen LogP contribution is 2.66. The van der Waals surface area contributed by atoms with Gasteiger partial charge in [0.1, 0.15) is 17.3 Å². The summed E-state index contributed by atoms with van der Waals surface area (Å²) in [6.07, 6.45) is 6.32. The van der Waals surface area contributed by atoms with Crippen molar-refractivity contribution >= 4 is 21.4 Å². The maximum absolute atomic E-state index is 13.8. The Bertz CT molecular complexity index is 1120. The summed E-state index contributed by atoms with van der Waals surface area (Å²) in [6.45, 7) is 18.0. The molecule has 9 nitrogen and oxygen atoms in total. The van der Waals surface area contributed by atoms with Crippen molar-refractivity contribution in [2.75, 3.05) is 26.4 Å². The van der Waals surface area contributed by atoms with E-state index in [0.717, 1.165) is 44.1 Å². The lowest BCUT2D eigenvalue weighted by molar-refractivity contribution is -0.151. The number of phosphoric ester groups is 2. The zero-order valence-electron chi connectivity index (χ0n) is 27.7. The van der Waals surface area contributed by atoms with Crippen LogP contribution in [0.3, 0.4) is 0 Å². The first-order valence-corrected chi connectivity index (χ1v) is 19.0. The van der Waals surface area contributed by atoms with Crippen molar-refractivity contribution in [2.24, 2.45) is 17.3 Å². The van der Waals surface area contributed by atoms with Gasteiger partial charge in [0.25, 0.3) is 0 Å². The fourth-order valence-corrected chi connectivity index (χ4v) is 9.10. The molecule has 2 unspecified atom stereocenters. The molecule has 43 heavy (non-hydrogen) atoms. The molecule has 0 aliphatic heterocycles. The molecule has 2 bridgehead atoms. The van der Waals surface area contributed by atoms with Crippen molar-refractivity contribution < 1.29 is 41.1 Å². The maximum Gasteiger partial charge on any atom is 0.530 e. The van der Waals surface area contributed by atoms with E-state index in [9.17, 15) is 13.9 Å². The Labute approximate surface area is 259 Å². The fraction of sp³-hybridized carbons (Fsp3) is 0.781. The lowest BCUT2D eigenvalue weighted by atomic mass is 9.44. The SMILES string of the molecule is CCCCCCC(C)(C)c1cc(OP(=O)(OCC)OCC)c([C@H]2CC(=O)C3CC2C3(C)C)c(OP(=O)(OCC)OCC)c1. The van der Waals surface area contributed by atoms with E-state index in [2.05, 4.69) is 34.6 Å². The van der Waals surface area contributed by atoms with Crippen LogP contribution in [0.2, 0.25) is 0 Å². The number of hydrogen-bond donors (Lipinski definition) is 0. The minimum Gasteiger partial charge on any atom is -0.404 e. The summed E-state index contributed by atoms with van der Waals surface area (Å²) in [5.41, 5.74) is 0.798. The third-order valence-electron chi connectivity index (χ3n) is 9.12. The van der Waals surface area contributed by atoms with Gasteiger partial charge < -0.3 is 9.05 Å². The number of benzene rings is 1. The highest BCUT2D eigenvalue weighted by molar-refractivity contribution is 7.49. The third-order valence-corrected chi connectivity index (χ3v) is 12.3. The summed E-state index contributed by atoms with van der Waals surface area (Å²) in [5, 5.41) is 0. The van der Waals surface area contributed by atoms with Gasteiger partial charge in [0.05, 0.1) is 26.4 Å². The van der Waals surface area contributed by atoms with Crippen molar-refractivity contribution in [1.29, 1.82) is 0 Å². The van der Waals surface area contributed by atoms with Crippen LogP contribution < -0.4 is 9.05 Å². The first-order chi connectivity index (χ1) is 20.2. The van der Waals surface area contributed by atoms with Crippen molar-refractivity contribution in [2.45, 2.75) is 119 Å². The van der Waals surface area contributed by atoms with Crippen LogP contribution in [0.25, 0.3) is 0 Å². The molecule has 4 rings (SSSR count). The van der Waals surface area contributed by atoms with Gasteiger partial charge in [0.15, 0.2) is 0 Å². The van der Waals surface area contributed by atoms with Crippen molar-refractivity contribution in [3.05, 3.63) is 23.3 Å². The molecule has 3 aliphatic carbocycles. The number of rotatable bonds is 19. The molecule has 0 spiro atoms. The Morgan fingerprint density at radius 1 is 0.814 bits per heavy atom. The average Bonchev–Trinajstić information content (AvgIpc) is 2.90. The number of carbonyl (C=O) groups is 1. The molecule has 1 aromatic carbocycles. The summed E-state index contributed by atoms with van der Waals surface area (Å²) >= 11 is 0. The van der Waals surface area contributed by atoms with E-state index in [1.165, 1.54) is 0 Å². The molecule has 11 heteroatoms. The van der Waals surface area contributed by atoms with E-state index in [1.807, 2.05) is 12.1 Å². The van der Waals surface area contributed by atoms with Gasteiger partial charge in [0.2, 0.25) is 0 Å². The van der Waals surface area contributed by atoms with Gasteiger partial charge in [-0.05, 0) is 75.0 Å². The van der Waals surface area contributed by atoms with Gasteiger partial charge in [0, 0.05) is 23.8 Å². The Kier molecular flexibility index (Phi) is 12.6. The molecule has 3 saturated carbocycles. The summed E-state index contributed by atoms with van der Waals surface area (Å²) in [6, 6.07) is 3.75. The zero-order valence-corrected chi connectivity index (χ0v) is 29.5. The molecule has 3 fully saturated rings. The molecule has 1 aromatic rings. The third kappa shape index (κ3) is 8.34. The van der Waals surface area contributed by atoms with Crippen molar-refractivity contribution in [3.8, 4) is 11.5 Å². The smallest absolute Gasteiger partial charge is 0.404 e. The van der Waals surface area contributed by atoms with Gasteiger partial charge >= 0.3 is 15.6 Å². The largest absolute Gasteiger partial charge is 0.530 e. The number of fused-ring (bicyclic) bond motifs is 2. The van der Waals surface area contributed by atoms with E-state index in [-0.39, 0.29) is 78.7 Å². The fourth-order valence-electron chi connectivity index (χ4n) is 6.69. The van der Waals surface area contributed by atoms with Crippen LogP contribution in [0, 0.1) is 17.3 Å². The number of carbonyl (C=O) groups excluding carboxylic acids is 1. The van der Waals surface area contributed by atoms with E-state index < -0.39 is 15.6 Å². The zero-order chi connectivity index (χ0) is 32.1. The number of phosphoric acid groups is 2. The standard InChI is InChI=1S/C32H54O9P2/c1-10-15-16-17-18-31(6,7)23-19-28(40-42(34,36-11-2)37-12-3)30(24-21-27(33)26-22-25(24)32(26,8)9)29(20-23)41-43(35,38-13-4)39-14-5/h19-20,24-26H,10-18,21-22H2,1-9H3/t24-,25?,26?/m0/s1. The molecule has 0 aromatic heterocycles. The number of hydrogen-bond acceptors (Lipinski definition) is 9. The number of Topliss-reactive ketones (excluding diaryl/α,β-unsaturated/α-hetero) is 1. The molecule has 246 valence electrons. The minimum atomic E-state index is -4.04. The number of unbranched alkanes of at least 4 members (excludes halogenated alkanes) is 3. The van der Waals surface area contributed by atoms with Crippen LogP contribution in [-0.2, 0) is 37.4 Å². The van der Waals surface area contributed by atoms with E-state index in [1.54, 1.807) is 27.7 Å². The molecule has 0 saturated heterocycles. The van der Waals surface area contributed by atoms with Crippen LogP contribution in [0.4, 0.5) is 0 Å². The Balaban J connectivity index is 2.28. The summed E-state index contributed by atoms with van der Waals surface area (Å²) in [7, 11) is -8.09. The van der Waals surface area contributed by atoms with Crippen LogP contribution in [0.1, 0.15) is 124 Å². The average molecular weight is 645 g/mol. The second kappa shape index (κ2) is 14.9. The Morgan fingerprint density at radius 3 is 1.70 bits per heavy atom. The first kappa shape index (κ1) is 36.3. The molecule has 3 aliphatic rings. The van der Waals surface area contributed by atoms with Crippen molar-refractivity contribution in [1.82, 2.24) is 0 Å². The van der Waals surface area contributed by atoms with Crippen molar-refractivity contribution in [3.63, 3.8) is 0 Å². The summed E-state index contributed by atoms with van der Waals surface area (Å²) in [4.78, 5) is 13.3. The second-order valence-corrected chi connectivity index (χ2v) is 16.0. The van der Waals surface area contributed by atoms with Gasteiger partial charge in [-0.3, -0.25) is 22.9 Å². The van der Waals surface area contributed by atoms with Crippen LogP contribution >= 0.6 is 15.6 Å². The Hall–Kier alpha value is -1.21. The first-order valence-electron chi connectivity index (χ1n) is 16.1. The van der Waals surface area contributed by atoms with E-state index in [0.29, 0.717) is 5.56 Å². The summed E-state index contributed by atoms with van der Waals surface area (Å²) < 4.78 is 62.3. The minimum absolute atomic E-state index is 0.000267.